The number of ether oxygens (including phenoxy) is 1. The highest BCUT2D eigenvalue weighted by molar-refractivity contribution is 6.12. The summed E-state index contributed by atoms with van der Waals surface area (Å²) in [7, 11) is 0. The van der Waals surface area contributed by atoms with Gasteiger partial charge in [-0.15, -0.1) is 0 Å². The van der Waals surface area contributed by atoms with Crippen LogP contribution in [-0.2, 0) is 30.1 Å². The van der Waals surface area contributed by atoms with Crippen LogP contribution < -0.4 is 21.3 Å². The summed E-state index contributed by atoms with van der Waals surface area (Å²) in [5.74, 6) is -3.80. The third-order valence-corrected chi connectivity index (χ3v) is 5.17. The first kappa shape index (κ1) is 22.5. The second-order valence-corrected chi connectivity index (χ2v) is 7.29. The predicted octanol–water partition coefficient (Wildman–Crippen LogP) is 0.777. The summed E-state index contributed by atoms with van der Waals surface area (Å²) >= 11 is 0. The highest BCUT2D eigenvalue weighted by atomic mass is 19.4. The molecule has 0 unspecified atom stereocenters. The Hall–Kier alpha value is -3.15. The first-order valence-electron chi connectivity index (χ1n) is 9.58. The van der Waals surface area contributed by atoms with Crippen molar-refractivity contribution in [2.45, 2.75) is 31.5 Å². The van der Waals surface area contributed by atoms with E-state index in [1.54, 1.807) is 0 Å². The second kappa shape index (κ2) is 8.92. The first-order chi connectivity index (χ1) is 14.6. The van der Waals surface area contributed by atoms with Gasteiger partial charge in [0.1, 0.15) is 6.61 Å². The van der Waals surface area contributed by atoms with E-state index in [1.165, 1.54) is 6.07 Å². The van der Waals surface area contributed by atoms with Crippen LogP contribution in [-0.4, -0.2) is 49.4 Å². The molecule has 0 radical (unpaired) electrons. The van der Waals surface area contributed by atoms with E-state index in [9.17, 15) is 32.3 Å². The summed E-state index contributed by atoms with van der Waals surface area (Å²) in [6.45, 7) is 0.00612. The number of benzene rings is 1. The molecule has 0 spiro atoms. The number of carbonyl (C=O) groups excluding carboxylic acids is 4. The molecule has 168 valence electrons. The Kier molecular flexibility index (Phi) is 6.48. The van der Waals surface area contributed by atoms with Crippen LogP contribution in [0.1, 0.15) is 24.8 Å². The van der Waals surface area contributed by atoms with Crippen LogP contribution in [0.25, 0.3) is 0 Å². The molecule has 1 heterocycles. The Bertz CT molecular complexity index is 901. The lowest BCUT2D eigenvalue weighted by molar-refractivity contribution is -0.137. The molecule has 1 saturated carbocycles. The summed E-state index contributed by atoms with van der Waals surface area (Å²) in [5, 5.41) is 4.21. The molecule has 0 aromatic heterocycles. The predicted molar refractivity (Wildman–Crippen MR) is 102 cm³/mol. The maximum atomic E-state index is 13.6. The van der Waals surface area contributed by atoms with Crippen molar-refractivity contribution in [1.29, 1.82) is 0 Å². The molecule has 4 amide bonds. The maximum absolute atomic E-state index is 13.6. The molecule has 1 aromatic carbocycles. The van der Waals surface area contributed by atoms with Crippen molar-refractivity contribution in [3.63, 3.8) is 0 Å². The van der Waals surface area contributed by atoms with Crippen LogP contribution in [0, 0.1) is 5.92 Å². The van der Waals surface area contributed by atoms with Gasteiger partial charge in [0.25, 0.3) is 11.8 Å². The van der Waals surface area contributed by atoms with Crippen molar-refractivity contribution in [2.75, 3.05) is 30.0 Å². The number of alkyl halides is 3. The molecule has 1 aliphatic heterocycles. The van der Waals surface area contributed by atoms with E-state index < -0.39 is 47.1 Å². The minimum atomic E-state index is -4.87. The number of morpholine rings is 1. The van der Waals surface area contributed by atoms with Crippen molar-refractivity contribution in [2.24, 2.45) is 11.7 Å². The van der Waals surface area contributed by atoms with Gasteiger partial charge in [-0.25, -0.2) is 0 Å². The van der Waals surface area contributed by atoms with Gasteiger partial charge in [-0.2, -0.15) is 13.2 Å². The molecule has 1 aliphatic carbocycles. The van der Waals surface area contributed by atoms with Gasteiger partial charge in [-0.05, 0) is 31.0 Å². The van der Waals surface area contributed by atoms with Crippen molar-refractivity contribution >= 4 is 35.0 Å². The average molecular weight is 442 g/mol. The van der Waals surface area contributed by atoms with E-state index in [4.69, 9.17) is 10.5 Å². The number of amides is 4. The number of anilines is 2. The van der Waals surface area contributed by atoms with Crippen molar-refractivity contribution in [3.8, 4) is 0 Å². The highest BCUT2D eigenvalue weighted by Gasteiger charge is 2.37. The smallest absolute Gasteiger partial charge is 0.370 e. The first-order valence-corrected chi connectivity index (χ1v) is 9.58. The Morgan fingerprint density at radius 2 is 1.94 bits per heavy atom. The lowest BCUT2D eigenvalue weighted by atomic mass is 9.84. The highest BCUT2D eigenvalue weighted by Crippen LogP contribution is 2.37. The second-order valence-electron chi connectivity index (χ2n) is 7.29. The summed E-state index contributed by atoms with van der Waals surface area (Å²) < 4.78 is 45.9. The van der Waals surface area contributed by atoms with Gasteiger partial charge in [0, 0.05) is 18.2 Å². The number of carbonyl (C=O) groups is 4. The fourth-order valence-corrected chi connectivity index (χ4v) is 3.24. The summed E-state index contributed by atoms with van der Waals surface area (Å²) in [5.41, 5.74) is 3.31. The fourth-order valence-electron chi connectivity index (χ4n) is 3.24. The zero-order valence-electron chi connectivity index (χ0n) is 16.3. The van der Waals surface area contributed by atoms with E-state index in [0.717, 1.165) is 23.5 Å². The van der Waals surface area contributed by atoms with Gasteiger partial charge in [-0.3, -0.25) is 19.2 Å². The molecule has 1 saturated heterocycles. The zero-order valence-corrected chi connectivity index (χ0v) is 16.3. The van der Waals surface area contributed by atoms with E-state index in [1.807, 2.05) is 5.32 Å². The van der Waals surface area contributed by atoms with Crippen LogP contribution in [0.5, 0.6) is 0 Å². The Morgan fingerprint density at radius 3 is 2.48 bits per heavy atom. The third kappa shape index (κ3) is 5.13. The summed E-state index contributed by atoms with van der Waals surface area (Å²) in [4.78, 5) is 49.2. The van der Waals surface area contributed by atoms with Crippen molar-refractivity contribution in [1.82, 2.24) is 5.32 Å². The van der Waals surface area contributed by atoms with Gasteiger partial charge < -0.3 is 26.0 Å². The lowest BCUT2D eigenvalue weighted by Gasteiger charge is -2.28. The van der Waals surface area contributed by atoms with Crippen molar-refractivity contribution < 1.29 is 37.1 Å². The number of nitrogens with two attached hydrogens (primary N) is 1. The van der Waals surface area contributed by atoms with Crippen LogP contribution in [0.4, 0.5) is 24.5 Å². The van der Waals surface area contributed by atoms with Gasteiger partial charge in [0.05, 0.1) is 17.9 Å². The van der Waals surface area contributed by atoms with E-state index in [-0.39, 0.29) is 31.4 Å². The van der Waals surface area contributed by atoms with E-state index in [2.05, 4.69) is 5.32 Å². The van der Waals surface area contributed by atoms with Gasteiger partial charge >= 0.3 is 6.18 Å². The minimum absolute atomic E-state index is 0.0108. The number of nitrogens with one attached hydrogen (secondary N) is 2. The molecular weight excluding hydrogens is 421 g/mol. The Morgan fingerprint density at radius 1 is 1.23 bits per heavy atom. The standard InChI is InChI=1S/C19H21F3N4O5/c20-19(21,22)12-8-11(26-6-7-31-9-14(26)27)4-5-13(12)24-18(30)15(16(23)28)25-17(29)10-2-1-3-10/h4-5,8,10,15H,1-3,6-7,9H2,(H2,23,28)(H,24,30)(H,25,29)/t15-/m1/s1. The molecule has 12 heteroatoms. The molecular formula is C19H21F3N4O5. The summed E-state index contributed by atoms with van der Waals surface area (Å²) in [6, 6.07) is 1.12. The molecule has 1 atom stereocenters. The van der Waals surface area contributed by atoms with E-state index in [0.29, 0.717) is 12.8 Å². The molecule has 1 aromatic rings. The number of hydrogen-bond acceptors (Lipinski definition) is 5. The van der Waals surface area contributed by atoms with Gasteiger partial charge in [0.15, 0.2) is 6.04 Å². The number of nitrogens with zero attached hydrogens (tertiary/aromatic N) is 1. The quantitative estimate of drug-likeness (QED) is 0.561. The molecule has 3 rings (SSSR count). The number of rotatable bonds is 6. The SMILES string of the molecule is NC(=O)[C@@H](NC(=O)C1CCC1)C(=O)Nc1ccc(N2CCOCC2=O)cc1C(F)(F)F. The van der Waals surface area contributed by atoms with E-state index >= 15 is 0 Å². The van der Waals surface area contributed by atoms with Crippen LogP contribution in [0.2, 0.25) is 0 Å². The number of halogens is 3. The van der Waals surface area contributed by atoms with Gasteiger partial charge in [-0.1, -0.05) is 6.42 Å². The van der Waals surface area contributed by atoms with Crippen LogP contribution in [0.15, 0.2) is 18.2 Å². The Labute approximate surface area is 175 Å². The molecule has 31 heavy (non-hydrogen) atoms. The fraction of sp³-hybridized carbons (Fsp3) is 0.474. The molecule has 2 fully saturated rings. The molecule has 4 N–H and O–H groups in total. The molecule has 2 aliphatic rings. The molecule has 0 bridgehead atoms. The third-order valence-electron chi connectivity index (χ3n) is 5.17. The lowest BCUT2D eigenvalue weighted by Crippen LogP contribution is -2.54. The zero-order chi connectivity index (χ0) is 22.8. The topological polar surface area (TPSA) is 131 Å². The monoisotopic (exact) mass is 442 g/mol. The Balaban J connectivity index is 1.83. The van der Waals surface area contributed by atoms with Crippen molar-refractivity contribution in [3.05, 3.63) is 23.8 Å². The molecule has 9 nitrogen and oxygen atoms in total. The van der Waals surface area contributed by atoms with Crippen LogP contribution >= 0.6 is 0 Å². The minimum Gasteiger partial charge on any atom is -0.370 e. The summed E-state index contributed by atoms with van der Waals surface area (Å²) in [6.07, 6.45) is -2.85. The maximum Gasteiger partial charge on any atom is 0.418 e. The van der Waals surface area contributed by atoms with Crippen LogP contribution in [0.3, 0.4) is 0 Å². The normalized spacial score (nSPS) is 18.2. The van der Waals surface area contributed by atoms with Gasteiger partial charge in [0.2, 0.25) is 11.8 Å². The largest absolute Gasteiger partial charge is 0.418 e. The number of hydrogen-bond donors (Lipinski definition) is 3. The number of primary amides is 1. The average Bonchev–Trinajstić information content (AvgIpc) is 2.64.